The van der Waals surface area contributed by atoms with Crippen LogP contribution in [0.3, 0.4) is 0 Å². The summed E-state index contributed by atoms with van der Waals surface area (Å²) < 4.78 is 12.6. The van der Waals surface area contributed by atoms with Crippen LogP contribution in [0.2, 0.25) is 5.02 Å². The summed E-state index contributed by atoms with van der Waals surface area (Å²) in [7, 11) is 3.20. The van der Waals surface area contributed by atoms with Crippen molar-refractivity contribution in [2.45, 2.75) is 6.42 Å². The Bertz CT molecular complexity index is 1190. The molecule has 0 fully saturated rings. The number of anilines is 1. The Hall–Kier alpha value is -3.03. The molecular formula is C21H18ClN3O3S. The topological polar surface area (TPSA) is 64.9 Å². The molecule has 0 saturated heterocycles. The Labute approximate surface area is 176 Å². The molecule has 148 valence electrons. The molecule has 0 bridgehead atoms. The van der Waals surface area contributed by atoms with Crippen molar-refractivity contribution in [2.24, 2.45) is 0 Å². The largest absolute Gasteiger partial charge is 0.493 e. The summed E-state index contributed by atoms with van der Waals surface area (Å²) in [6, 6.07) is 12.8. The molecule has 1 N–H and O–H groups in total. The summed E-state index contributed by atoms with van der Waals surface area (Å²) in [5, 5.41) is 5.30. The van der Waals surface area contributed by atoms with Crippen LogP contribution in [0.1, 0.15) is 5.69 Å². The maximum atomic E-state index is 12.5. The first-order valence-electron chi connectivity index (χ1n) is 8.81. The molecule has 2 aromatic heterocycles. The van der Waals surface area contributed by atoms with E-state index in [4.69, 9.17) is 21.1 Å². The van der Waals surface area contributed by atoms with Crippen molar-refractivity contribution in [3.63, 3.8) is 0 Å². The van der Waals surface area contributed by atoms with Gasteiger partial charge in [0, 0.05) is 22.8 Å². The summed E-state index contributed by atoms with van der Waals surface area (Å²) in [5.41, 5.74) is 3.16. The van der Waals surface area contributed by atoms with Gasteiger partial charge in [-0.2, -0.15) is 0 Å². The molecule has 4 rings (SSSR count). The number of para-hydroxylation sites is 1. The highest BCUT2D eigenvalue weighted by molar-refractivity contribution is 7.15. The number of benzene rings is 2. The quantitative estimate of drug-likeness (QED) is 0.474. The van der Waals surface area contributed by atoms with Gasteiger partial charge in [0.2, 0.25) is 5.91 Å². The van der Waals surface area contributed by atoms with Gasteiger partial charge < -0.3 is 14.8 Å². The number of halogens is 1. The van der Waals surface area contributed by atoms with Gasteiger partial charge in [0.05, 0.1) is 37.0 Å². The van der Waals surface area contributed by atoms with Crippen molar-refractivity contribution in [2.75, 3.05) is 19.5 Å². The Morgan fingerprint density at radius 1 is 1.17 bits per heavy atom. The lowest BCUT2D eigenvalue weighted by atomic mass is 10.1. The van der Waals surface area contributed by atoms with Crippen molar-refractivity contribution in [3.8, 4) is 22.8 Å². The van der Waals surface area contributed by atoms with Gasteiger partial charge in [0.25, 0.3) is 0 Å². The van der Waals surface area contributed by atoms with E-state index < -0.39 is 0 Å². The van der Waals surface area contributed by atoms with Crippen molar-refractivity contribution >= 4 is 39.5 Å². The number of nitrogens with one attached hydrogen (secondary N) is 1. The SMILES string of the molecule is COc1ccc(-c2cn3c(CC(=O)Nc4ccccc4Cl)csc3n2)cc1OC. The van der Waals surface area contributed by atoms with E-state index in [1.807, 2.05) is 46.3 Å². The Kier molecular flexibility index (Phi) is 5.42. The first-order chi connectivity index (χ1) is 14.1. The number of rotatable bonds is 6. The zero-order valence-corrected chi connectivity index (χ0v) is 17.4. The fourth-order valence-corrected chi connectivity index (χ4v) is 4.07. The fourth-order valence-electron chi connectivity index (χ4n) is 3.01. The van der Waals surface area contributed by atoms with E-state index in [9.17, 15) is 4.79 Å². The van der Waals surface area contributed by atoms with Crippen LogP contribution in [-0.4, -0.2) is 29.5 Å². The predicted molar refractivity (Wildman–Crippen MR) is 115 cm³/mol. The molecule has 0 aliphatic heterocycles. The van der Waals surface area contributed by atoms with Crippen LogP contribution in [0.5, 0.6) is 11.5 Å². The minimum Gasteiger partial charge on any atom is -0.493 e. The Morgan fingerprint density at radius 3 is 2.72 bits per heavy atom. The molecule has 0 aliphatic carbocycles. The van der Waals surface area contributed by atoms with Crippen LogP contribution >= 0.6 is 22.9 Å². The second kappa shape index (κ2) is 8.14. The average Bonchev–Trinajstić information content (AvgIpc) is 3.31. The van der Waals surface area contributed by atoms with Crippen molar-refractivity contribution in [1.82, 2.24) is 9.38 Å². The third kappa shape index (κ3) is 3.92. The van der Waals surface area contributed by atoms with E-state index in [-0.39, 0.29) is 12.3 Å². The van der Waals surface area contributed by atoms with Crippen LogP contribution in [0.4, 0.5) is 5.69 Å². The summed E-state index contributed by atoms with van der Waals surface area (Å²) >= 11 is 7.60. The number of carbonyl (C=O) groups excluding carboxylic acids is 1. The molecule has 8 heteroatoms. The molecule has 29 heavy (non-hydrogen) atoms. The highest BCUT2D eigenvalue weighted by atomic mass is 35.5. The highest BCUT2D eigenvalue weighted by Crippen LogP contribution is 2.33. The normalized spacial score (nSPS) is 10.9. The fraction of sp³-hybridized carbons (Fsp3) is 0.143. The molecule has 2 heterocycles. The first kappa shape index (κ1) is 19.3. The monoisotopic (exact) mass is 427 g/mol. The number of fused-ring (bicyclic) bond motifs is 1. The van der Waals surface area contributed by atoms with Gasteiger partial charge in [0.15, 0.2) is 16.5 Å². The molecule has 0 unspecified atom stereocenters. The van der Waals surface area contributed by atoms with Gasteiger partial charge in [-0.3, -0.25) is 9.20 Å². The van der Waals surface area contributed by atoms with E-state index in [0.29, 0.717) is 22.2 Å². The van der Waals surface area contributed by atoms with E-state index in [1.54, 1.807) is 26.4 Å². The molecule has 0 atom stereocenters. The second-order valence-corrected chi connectivity index (χ2v) is 7.52. The number of thiazole rings is 1. The van der Waals surface area contributed by atoms with Crippen molar-refractivity contribution < 1.29 is 14.3 Å². The zero-order chi connectivity index (χ0) is 20.4. The predicted octanol–water partition coefficient (Wildman–Crippen LogP) is 4.91. The lowest BCUT2D eigenvalue weighted by Gasteiger charge is -2.08. The van der Waals surface area contributed by atoms with Crippen LogP contribution in [-0.2, 0) is 11.2 Å². The molecular weight excluding hydrogens is 410 g/mol. The standard InChI is InChI=1S/C21H18ClN3O3S/c1-27-18-8-7-13(9-19(18)28-2)17-11-25-14(12-29-21(25)24-17)10-20(26)23-16-6-4-3-5-15(16)22/h3-9,11-12H,10H2,1-2H3,(H,23,26). The van der Waals surface area contributed by atoms with E-state index in [1.165, 1.54) is 11.3 Å². The molecule has 0 spiro atoms. The average molecular weight is 428 g/mol. The number of methoxy groups -OCH3 is 2. The van der Waals surface area contributed by atoms with Crippen LogP contribution in [0.15, 0.2) is 54.0 Å². The molecule has 4 aromatic rings. The van der Waals surface area contributed by atoms with Crippen LogP contribution < -0.4 is 14.8 Å². The molecule has 2 aromatic carbocycles. The minimum absolute atomic E-state index is 0.140. The molecule has 6 nitrogen and oxygen atoms in total. The molecule has 0 saturated carbocycles. The summed E-state index contributed by atoms with van der Waals surface area (Å²) in [5.74, 6) is 1.16. The number of imidazole rings is 1. The minimum atomic E-state index is -0.140. The zero-order valence-electron chi connectivity index (χ0n) is 15.8. The van der Waals surface area contributed by atoms with Gasteiger partial charge in [-0.15, -0.1) is 11.3 Å². The van der Waals surface area contributed by atoms with Gasteiger partial charge in [-0.05, 0) is 30.3 Å². The van der Waals surface area contributed by atoms with Crippen LogP contribution in [0, 0.1) is 0 Å². The summed E-state index contributed by atoms with van der Waals surface area (Å²) in [4.78, 5) is 18.0. The molecule has 0 radical (unpaired) electrons. The Morgan fingerprint density at radius 2 is 1.97 bits per heavy atom. The molecule has 1 amide bonds. The Balaban J connectivity index is 1.58. The summed E-state index contributed by atoms with van der Waals surface area (Å²) in [6.45, 7) is 0. The lowest BCUT2D eigenvalue weighted by Crippen LogP contribution is -2.15. The van der Waals surface area contributed by atoms with E-state index in [0.717, 1.165) is 21.9 Å². The van der Waals surface area contributed by atoms with Crippen molar-refractivity contribution in [1.29, 1.82) is 0 Å². The van der Waals surface area contributed by atoms with Gasteiger partial charge in [-0.25, -0.2) is 4.98 Å². The number of aromatic nitrogens is 2. The summed E-state index contributed by atoms with van der Waals surface area (Å²) in [6.07, 6.45) is 2.14. The van der Waals surface area contributed by atoms with E-state index in [2.05, 4.69) is 10.3 Å². The maximum Gasteiger partial charge on any atom is 0.230 e. The number of ether oxygens (including phenoxy) is 2. The number of nitrogens with zero attached hydrogens (tertiary/aromatic N) is 2. The number of hydrogen-bond donors (Lipinski definition) is 1. The van der Waals surface area contributed by atoms with E-state index >= 15 is 0 Å². The smallest absolute Gasteiger partial charge is 0.230 e. The number of hydrogen-bond acceptors (Lipinski definition) is 5. The highest BCUT2D eigenvalue weighted by Gasteiger charge is 2.15. The first-order valence-corrected chi connectivity index (χ1v) is 10.1. The molecule has 0 aliphatic rings. The van der Waals surface area contributed by atoms with Crippen molar-refractivity contribution in [3.05, 3.63) is 64.8 Å². The second-order valence-electron chi connectivity index (χ2n) is 6.28. The number of carbonyl (C=O) groups is 1. The van der Waals surface area contributed by atoms with Crippen LogP contribution in [0.25, 0.3) is 16.2 Å². The van der Waals surface area contributed by atoms with Gasteiger partial charge >= 0.3 is 0 Å². The maximum absolute atomic E-state index is 12.5. The number of amides is 1. The lowest BCUT2D eigenvalue weighted by molar-refractivity contribution is -0.115. The third-order valence-electron chi connectivity index (χ3n) is 4.45. The van der Waals surface area contributed by atoms with Gasteiger partial charge in [-0.1, -0.05) is 23.7 Å². The third-order valence-corrected chi connectivity index (χ3v) is 5.67. The van der Waals surface area contributed by atoms with Gasteiger partial charge in [0.1, 0.15) is 0 Å².